The van der Waals surface area contributed by atoms with Crippen molar-refractivity contribution >= 4 is 35.7 Å². The summed E-state index contributed by atoms with van der Waals surface area (Å²) in [6, 6.07) is 24.3. The molecule has 0 aliphatic carbocycles. The van der Waals surface area contributed by atoms with Gasteiger partial charge >= 0.3 is 5.97 Å². The van der Waals surface area contributed by atoms with Crippen LogP contribution in [0.4, 0.5) is 0 Å². The molecule has 5 heteroatoms. The Labute approximate surface area is 172 Å². The second-order valence-electron chi connectivity index (χ2n) is 6.76. The van der Waals surface area contributed by atoms with Crippen LogP contribution in [-0.2, 0) is 9.59 Å². The molecule has 0 bridgehead atoms. The lowest BCUT2D eigenvalue weighted by atomic mass is 10.2. The second kappa shape index (κ2) is 9.49. The van der Waals surface area contributed by atoms with E-state index >= 15 is 0 Å². The predicted octanol–water partition coefficient (Wildman–Crippen LogP) is 3.10. The zero-order valence-electron chi connectivity index (χ0n) is 16.8. The average molecular weight is 406 g/mol. The maximum atomic E-state index is 12.3. The first-order valence-electron chi connectivity index (χ1n) is 9.43. The normalized spacial score (nSPS) is 10.6. The highest BCUT2D eigenvalue weighted by Gasteiger charge is 2.24. The van der Waals surface area contributed by atoms with Crippen LogP contribution in [0.2, 0.25) is 0 Å². The maximum absolute atomic E-state index is 12.3. The van der Waals surface area contributed by atoms with Crippen LogP contribution in [0.25, 0.3) is 0 Å². The van der Waals surface area contributed by atoms with Crippen molar-refractivity contribution in [2.75, 3.05) is 6.54 Å². The summed E-state index contributed by atoms with van der Waals surface area (Å²) < 4.78 is 5.66. The summed E-state index contributed by atoms with van der Waals surface area (Å²) in [6.07, 6.45) is 0. The van der Waals surface area contributed by atoms with E-state index < -0.39 is 13.9 Å². The number of benzene rings is 3. The molecule has 0 spiro atoms. The van der Waals surface area contributed by atoms with Gasteiger partial charge in [-0.2, -0.15) is 0 Å². The Hall–Kier alpha value is -2.97. The molecule has 0 aliphatic heterocycles. The zero-order valence-corrected chi connectivity index (χ0v) is 17.7. The summed E-state index contributed by atoms with van der Waals surface area (Å²) in [6.45, 7) is 5.43. The number of aryl methyl sites for hydroxylation is 2. The molecule has 3 aromatic carbocycles. The molecule has 0 radical (unpaired) electrons. The molecule has 29 heavy (non-hydrogen) atoms. The van der Waals surface area contributed by atoms with E-state index in [9.17, 15) is 9.59 Å². The first-order valence-corrected chi connectivity index (χ1v) is 10.8. The van der Waals surface area contributed by atoms with Crippen molar-refractivity contribution < 1.29 is 14.3 Å². The van der Waals surface area contributed by atoms with Gasteiger partial charge in [-0.15, -0.1) is 0 Å². The van der Waals surface area contributed by atoms with Gasteiger partial charge in [-0.05, 0) is 49.6 Å². The quantitative estimate of drug-likeness (QED) is 0.296. The van der Waals surface area contributed by atoms with Crippen LogP contribution < -0.4 is 26.0 Å². The SMILES string of the molecule is Cc1ccccc1P(c1ccccc1C)c1ccccc1OC(=O)CN[13C](C)=O. The number of ether oxygens (including phenoxy) is 1. The Morgan fingerprint density at radius 3 is 1.79 bits per heavy atom. The molecule has 4 nitrogen and oxygen atoms in total. The van der Waals surface area contributed by atoms with Gasteiger partial charge in [0.1, 0.15) is 12.3 Å². The Kier molecular flexibility index (Phi) is 6.79. The Bertz CT molecular complexity index is 986. The van der Waals surface area contributed by atoms with Crippen LogP contribution in [-0.4, -0.2) is 18.4 Å². The van der Waals surface area contributed by atoms with E-state index in [2.05, 4.69) is 43.4 Å². The van der Waals surface area contributed by atoms with Crippen molar-refractivity contribution in [3.05, 3.63) is 83.9 Å². The number of esters is 1. The summed E-state index contributed by atoms with van der Waals surface area (Å²) in [5.74, 6) is -0.227. The van der Waals surface area contributed by atoms with Crippen molar-refractivity contribution in [2.24, 2.45) is 0 Å². The molecular weight excluding hydrogens is 382 g/mol. The summed E-state index contributed by atoms with van der Waals surface area (Å²) >= 11 is 0. The van der Waals surface area contributed by atoms with E-state index in [0.717, 1.165) is 5.30 Å². The smallest absolute Gasteiger partial charge is 0.330 e. The van der Waals surface area contributed by atoms with Crippen LogP contribution >= 0.6 is 7.92 Å². The van der Waals surface area contributed by atoms with Crippen molar-refractivity contribution in [2.45, 2.75) is 20.8 Å². The molecular formula is C24H24NO3P. The highest BCUT2D eigenvalue weighted by molar-refractivity contribution is 7.80. The first-order chi connectivity index (χ1) is 14.0. The molecule has 3 aromatic rings. The molecule has 0 atom stereocenters. The molecule has 0 unspecified atom stereocenters. The minimum atomic E-state index is -0.925. The molecule has 3 rings (SSSR count). The second-order valence-corrected chi connectivity index (χ2v) is 8.88. The van der Waals surface area contributed by atoms with Gasteiger partial charge in [-0.25, -0.2) is 4.79 Å². The summed E-state index contributed by atoms with van der Waals surface area (Å²) in [5, 5.41) is 5.91. The number of hydrogen-bond donors (Lipinski definition) is 1. The number of hydrogen-bond acceptors (Lipinski definition) is 3. The van der Waals surface area contributed by atoms with E-state index in [1.165, 1.54) is 28.7 Å². The van der Waals surface area contributed by atoms with Crippen molar-refractivity contribution in [3.63, 3.8) is 0 Å². The maximum Gasteiger partial charge on any atom is 0.330 e. The molecule has 0 fully saturated rings. The number of carbonyl (C=O) groups is 2. The Morgan fingerprint density at radius 2 is 1.28 bits per heavy atom. The Morgan fingerprint density at radius 1 is 0.793 bits per heavy atom. The lowest BCUT2D eigenvalue weighted by Crippen LogP contribution is -2.31. The van der Waals surface area contributed by atoms with Crippen LogP contribution in [0.15, 0.2) is 72.8 Å². The Balaban J connectivity index is 2.08. The van der Waals surface area contributed by atoms with E-state index in [1.807, 2.05) is 48.5 Å². The fourth-order valence-electron chi connectivity index (χ4n) is 3.10. The number of para-hydroxylation sites is 1. The molecule has 1 amide bonds. The fraction of sp³-hybridized carbons (Fsp3) is 0.167. The largest absolute Gasteiger partial charge is 0.425 e. The first kappa shape index (κ1) is 20.8. The van der Waals surface area contributed by atoms with Gasteiger partial charge in [0.25, 0.3) is 0 Å². The van der Waals surface area contributed by atoms with E-state index in [4.69, 9.17) is 4.74 Å². The monoisotopic (exact) mass is 406 g/mol. The molecule has 0 saturated heterocycles. The third-order valence-corrected chi connectivity index (χ3v) is 7.34. The highest BCUT2D eigenvalue weighted by atomic mass is 31.1. The topological polar surface area (TPSA) is 55.4 Å². The van der Waals surface area contributed by atoms with Gasteiger partial charge < -0.3 is 10.1 Å². The number of amides is 1. The van der Waals surface area contributed by atoms with Gasteiger partial charge in [0.2, 0.25) is 5.91 Å². The summed E-state index contributed by atoms with van der Waals surface area (Å²) in [5.41, 5.74) is 2.39. The average Bonchev–Trinajstić information content (AvgIpc) is 2.70. The van der Waals surface area contributed by atoms with Gasteiger partial charge in [0, 0.05) is 12.2 Å². The van der Waals surface area contributed by atoms with Crippen LogP contribution in [0, 0.1) is 13.8 Å². The molecule has 0 aliphatic rings. The van der Waals surface area contributed by atoms with Gasteiger partial charge in [-0.3, -0.25) is 4.79 Å². The lowest BCUT2D eigenvalue weighted by Gasteiger charge is -2.24. The number of rotatable bonds is 6. The molecule has 0 saturated carbocycles. The molecule has 1 N–H and O–H groups in total. The zero-order chi connectivity index (χ0) is 20.8. The summed E-state index contributed by atoms with van der Waals surface area (Å²) in [7, 11) is -0.925. The number of nitrogens with one attached hydrogen (secondary N) is 1. The van der Waals surface area contributed by atoms with Crippen molar-refractivity contribution in [1.29, 1.82) is 0 Å². The third kappa shape index (κ3) is 5.10. The van der Waals surface area contributed by atoms with Crippen molar-refractivity contribution in [1.82, 2.24) is 5.32 Å². The third-order valence-electron chi connectivity index (χ3n) is 4.52. The van der Waals surface area contributed by atoms with Gasteiger partial charge in [0.15, 0.2) is 0 Å². The standard InChI is InChI=1S/C24H24NO3P/c1-17-10-4-7-13-21(17)29(22-14-8-5-11-18(22)2)23-15-9-6-12-20(23)28-24(27)16-25-19(3)26/h4-15H,16H2,1-3H3,(H,25,26)/i19+1. The minimum absolute atomic E-state index is 0.156. The van der Waals surface area contributed by atoms with E-state index in [-0.39, 0.29) is 12.5 Å². The van der Waals surface area contributed by atoms with E-state index in [1.54, 1.807) is 0 Å². The lowest BCUT2D eigenvalue weighted by molar-refractivity contribution is -0.135. The molecule has 0 heterocycles. The van der Waals surface area contributed by atoms with Crippen LogP contribution in [0.3, 0.4) is 0 Å². The molecule has 0 aromatic heterocycles. The van der Waals surface area contributed by atoms with Gasteiger partial charge in [-0.1, -0.05) is 66.7 Å². The van der Waals surface area contributed by atoms with Crippen LogP contribution in [0.5, 0.6) is 5.75 Å². The number of carbonyl (C=O) groups excluding carboxylic acids is 2. The highest BCUT2D eigenvalue weighted by Crippen LogP contribution is 2.38. The summed E-state index contributed by atoms with van der Waals surface area (Å²) in [4.78, 5) is 23.4. The van der Waals surface area contributed by atoms with Gasteiger partial charge in [0.05, 0.1) is 0 Å². The van der Waals surface area contributed by atoms with Crippen LogP contribution in [0.1, 0.15) is 18.1 Å². The van der Waals surface area contributed by atoms with E-state index in [0.29, 0.717) is 5.75 Å². The predicted molar refractivity (Wildman–Crippen MR) is 119 cm³/mol. The van der Waals surface area contributed by atoms with Crippen molar-refractivity contribution in [3.8, 4) is 5.75 Å². The fourth-order valence-corrected chi connectivity index (χ4v) is 5.78. The minimum Gasteiger partial charge on any atom is -0.425 e. The molecule has 148 valence electrons.